The van der Waals surface area contributed by atoms with Crippen molar-refractivity contribution in [3.63, 3.8) is 0 Å². The van der Waals surface area contributed by atoms with Gasteiger partial charge in [-0.2, -0.15) is 0 Å². The molecule has 5 rings (SSSR count). The van der Waals surface area contributed by atoms with Gasteiger partial charge < -0.3 is 10.4 Å². The number of anilines is 2. The van der Waals surface area contributed by atoms with Crippen LogP contribution in [0.15, 0.2) is 53.5 Å². The molecule has 1 fully saturated rings. The maximum Gasteiger partial charge on any atom is 0.261 e. The van der Waals surface area contributed by atoms with Crippen molar-refractivity contribution >= 4 is 57.6 Å². The first-order valence-corrected chi connectivity index (χ1v) is 11.8. The minimum atomic E-state index is -1.34. The Kier molecular flexibility index (Phi) is 6.59. The van der Waals surface area contributed by atoms with Crippen LogP contribution < -0.4 is 15.6 Å². The van der Waals surface area contributed by atoms with E-state index in [0.717, 1.165) is 15.7 Å². The monoisotopic (exact) mass is 562 g/mol. The van der Waals surface area contributed by atoms with E-state index in [1.54, 1.807) is 0 Å². The number of β-amino-alcohol motifs (C(OH)–C–C–N with tert-alkyl or cyclic N) is 1. The van der Waals surface area contributed by atoms with Gasteiger partial charge in [-0.25, -0.2) is 18.2 Å². The van der Waals surface area contributed by atoms with Crippen LogP contribution in [0.25, 0.3) is 16.7 Å². The number of hydrogen-bond acceptors (Lipinski definition) is 5. The molecule has 1 atom stereocenters. The molecule has 3 heterocycles. The first kappa shape index (κ1) is 25.7. The van der Waals surface area contributed by atoms with Crippen molar-refractivity contribution < 1.29 is 27.9 Å². The lowest BCUT2D eigenvalue weighted by Gasteiger charge is -2.18. The van der Waals surface area contributed by atoms with Crippen molar-refractivity contribution in [1.82, 2.24) is 9.55 Å². The second-order valence-corrected chi connectivity index (χ2v) is 9.23. The summed E-state index contributed by atoms with van der Waals surface area (Å²) in [6.45, 7) is -0.0834. The largest absolute Gasteiger partial charge is 0.391 e. The average molecular weight is 563 g/mol. The van der Waals surface area contributed by atoms with Crippen molar-refractivity contribution in [3.8, 4) is 5.69 Å². The van der Waals surface area contributed by atoms with Gasteiger partial charge in [0.15, 0.2) is 17.3 Å². The molecule has 2 N–H and O–H groups in total. The number of para-hydroxylation sites is 1. The zero-order chi connectivity index (χ0) is 27.3. The molecule has 38 heavy (non-hydrogen) atoms. The fourth-order valence-electron chi connectivity index (χ4n) is 4.15. The molecule has 0 spiro atoms. The van der Waals surface area contributed by atoms with Crippen LogP contribution in [0.2, 0.25) is 10.0 Å². The van der Waals surface area contributed by atoms with Crippen LogP contribution in [-0.4, -0.2) is 39.1 Å². The van der Waals surface area contributed by atoms with Crippen molar-refractivity contribution in [2.45, 2.75) is 12.5 Å². The lowest BCUT2D eigenvalue weighted by Crippen LogP contribution is -2.28. The van der Waals surface area contributed by atoms with Crippen LogP contribution in [0.3, 0.4) is 0 Å². The number of aliphatic hydroxyl groups excluding tert-OH is 1. The normalized spacial score (nSPS) is 15.4. The van der Waals surface area contributed by atoms with Crippen molar-refractivity contribution in [2.75, 3.05) is 16.8 Å². The SMILES string of the molecule is O=C(Nc1c(Cl)cccc1Cl)c1cn(-c2c(F)cc(F)cc2F)c2nc(N3C[C@@H](O)CC3=O)ccc2c1=O. The van der Waals surface area contributed by atoms with Gasteiger partial charge in [-0.1, -0.05) is 29.3 Å². The van der Waals surface area contributed by atoms with E-state index < -0.39 is 52.0 Å². The predicted molar refractivity (Wildman–Crippen MR) is 135 cm³/mol. The summed E-state index contributed by atoms with van der Waals surface area (Å²) in [7, 11) is 0. The molecule has 1 aliphatic heterocycles. The summed E-state index contributed by atoms with van der Waals surface area (Å²) in [6.07, 6.45) is -0.254. The molecule has 0 bridgehead atoms. The molecular formula is C25H15Cl2F3N4O4. The highest BCUT2D eigenvalue weighted by Gasteiger charge is 2.31. The van der Waals surface area contributed by atoms with Gasteiger partial charge in [-0.3, -0.25) is 23.9 Å². The van der Waals surface area contributed by atoms with Crippen LogP contribution >= 0.6 is 23.2 Å². The maximum atomic E-state index is 14.9. The van der Waals surface area contributed by atoms with E-state index in [1.165, 1.54) is 30.3 Å². The molecule has 2 aromatic heterocycles. The molecule has 0 radical (unpaired) electrons. The molecule has 0 aliphatic carbocycles. The lowest BCUT2D eigenvalue weighted by atomic mass is 10.1. The summed E-state index contributed by atoms with van der Waals surface area (Å²) in [5.41, 5.74) is -2.55. The summed E-state index contributed by atoms with van der Waals surface area (Å²) in [4.78, 5) is 44.2. The molecular weight excluding hydrogens is 548 g/mol. The van der Waals surface area contributed by atoms with Gasteiger partial charge in [0.1, 0.15) is 22.9 Å². The number of fused-ring (bicyclic) bond motifs is 1. The summed E-state index contributed by atoms with van der Waals surface area (Å²) in [5.74, 6) is -5.32. The Hall–Kier alpha value is -3.93. The standard InChI is InChI=1S/C25H15Cl2F3N4O4/c26-15-2-1-3-16(27)21(15)32-25(38)14-10-34(22-17(29)6-11(28)7-18(22)30)24-13(23(14)37)4-5-19(31-24)33-9-12(35)8-20(33)36/h1-7,10,12,35H,8-9H2,(H,32,38)/t12-/m0/s1. The number of aromatic nitrogens is 2. The molecule has 13 heteroatoms. The highest BCUT2D eigenvalue weighted by molar-refractivity contribution is 6.40. The third-order valence-electron chi connectivity index (χ3n) is 5.89. The maximum absolute atomic E-state index is 14.9. The number of nitrogens with zero attached hydrogens (tertiary/aromatic N) is 3. The van der Waals surface area contributed by atoms with Gasteiger partial charge in [0.05, 0.1) is 40.2 Å². The van der Waals surface area contributed by atoms with Crippen LogP contribution in [-0.2, 0) is 4.79 Å². The van der Waals surface area contributed by atoms with Crippen LogP contribution in [0.1, 0.15) is 16.8 Å². The third-order valence-corrected chi connectivity index (χ3v) is 6.52. The van der Waals surface area contributed by atoms with Crippen LogP contribution in [0, 0.1) is 17.5 Å². The highest BCUT2D eigenvalue weighted by Crippen LogP contribution is 2.31. The Labute approximate surface area is 221 Å². The Balaban J connectivity index is 1.74. The number of hydrogen-bond donors (Lipinski definition) is 2. The van der Waals surface area contributed by atoms with Crippen LogP contribution in [0.5, 0.6) is 0 Å². The summed E-state index contributed by atoms with van der Waals surface area (Å²) >= 11 is 12.2. The molecule has 8 nitrogen and oxygen atoms in total. The van der Waals surface area contributed by atoms with Crippen molar-refractivity contribution in [1.29, 1.82) is 0 Å². The number of carbonyl (C=O) groups is 2. The number of pyridine rings is 2. The third kappa shape index (κ3) is 4.49. The Morgan fingerprint density at radius 3 is 2.32 bits per heavy atom. The Morgan fingerprint density at radius 2 is 1.71 bits per heavy atom. The van der Waals surface area contributed by atoms with Gasteiger partial charge >= 0.3 is 0 Å². The number of rotatable bonds is 4. The quantitative estimate of drug-likeness (QED) is 0.382. The number of carbonyl (C=O) groups excluding carboxylic acids is 2. The van der Waals surface area contributed by atoms with Crippen molar-refractivity contribution in [2.24, 2.45) is 0 Å². The minimum absolute atomic E-state index is 0.00446. The molecule has 1 saturated heterocycles. The second-order valence-electron chi connectivity index (χ2n) is 8.41. The van der Waals surface area contributed by atoms with Crippen LogP contribution in [0.4, 0.5) is 24.7 Å². The molecule has 1 aliphatic rings. The van der Waals surface area contributed by atoms with Gasteiger partial charge in [-0.05, 0) is 24.3 Å². The van der Waals surface area contributed by atoms with Gasteiger partial charge in [-0.15, -0.1) is 0 Å². The van der Waals surface area contributed by atoms with Gasteiger partial charge in [0, 0.05) is 18.3 Å². The van der Waals surface area contributed by atoms with E-state index in [0.29, 0.717) is 12.1 Å². The second kappa shape index (κ2) is 9.75. The summed E-state index contributed by atoms with van der Waals surface area (Å²) < 4.78 is 44.2. The number of nitrogens with one attached hydrogen (secondary N) is 1. The topological polar surface area (TPSA) is 105 Å². The summed E-state index contributed by atoms with van der Waals surface area (Å²) in [6, 6.07) is 7.82. The van der Waals surface area contributed by atoms with E-state index in [-0.39, 0.29) is 45.5 Å². The number of aliphatic hydroxyl groups is 1. The molecule has 0 saturated carbocycles. The predicted octanol–water partition coefficient (Wildman–Crippen LogP) is 4.46. The molecule has 194 valence electrons. The lowest BCUT2D eigenvalue weighted by molar-refractivity contribution is -0.117. The van der Waals surface area contributed by atoms with Crippen molar-refractivity contribution in [3.05, 3.63) is 91.9 Å². The van der Waals surface area contributed by atoms with E-state index in [9.17, 15) is 32.7 Å². The number of amides is 2. The number of benzene rings is 2. The fraction of sp³-hybridized carbons (Fsp3) is 0.120. The van der Waals surface area contributed by atoms with Gasteiger partial charge in [0.25, 0.3) is 5.91 Å². The fourth-order valence-corrected chi connectivity index (χ4v) is 4.64. The molecule has 2 aromatic carbocycles. The molecule has 4 aromatic rings. The van der Waals surface area contributed by atoms with E-state index in [2.05, 4.69) is 10.3 Å². The average Bonchev–Trinajstić information content (AvgIpc) is 3.19. The van der Waals surface area contributed by atoms with E-state index in [1.807, 2.05) is 0 Å². The minimum Gasteiger partial charge on any atom is -0.391 e. The Bertz CT molecular complexity index is 1670. The first-order chi connectivity index (χ1) is 18.0. The first-order valence-electron chi connectivity index (χ1n) is 11.0. The molecule has 0 unspecified atom stereocenters. The van der Waals surface area contributed by atoms with E-state index >= 15 is 0 Å². The number of halogens is 5. The van der Waals surface area contributed by atoms with Gasteiger partial charge in [0.2, 0.25) is 11.3 Å². The highest BCUT2D eigenvalue weighted by atomic mass is 35.5. The smallest absolute Gasteiger partial charge is 0.261 e. The zero-order valence-electron chi connectivity index (χ0n) is 19.0. The Morgan fingerprint density at radius 1 is 1.05 bits per heavy atom. The molecule has 2 amide bonds. The van der Waals surface area contributed by atoms with E-state index in [4.69, 9.17) is 23.2 Å². The zero-order valence-corrected chi connectivity index (χ0v) is 20.5. The summed E-state index contributed by atoms with van der Waals surface area (Å²) in [5, 5.41) is 12.2.